The predicted molar refractivity (Wildman–Crippen MR) is 101 cm³/mol. The van der Waals surface area contributed by atoms with E-state index in [0.29, 0.717) is 13.0 Å². The van der Waals surface area contributed by atoms with Gasteiger partial charge in [-0.2, -0.15) is 0 Å². The van der Waals surface area contributed by atoms with Gasteiger partial charge in [-0.15, -0.1) is 0 Å². The van der Waals surface area contributed by atoms with Crippen LogP contribution in [0.1, 0.15) is 39.7 Å². The van der Waals surface area contributed by atoms with E-state index in [1.807, 2.05) is 37.3 Å². The van der Waals surface area contributed by atoms with Crippen LogP contribution in [0.25, 0.3) is 0 Å². The van der Waals surface area contributed by atoms with Crippen LogP contribution in [0.2, 0.25) is 0 Å². The number of rotatable bonds is 5. The fourth-order valence-corrected chi connectivity index (χ4v) is 3.23. The van der Waals surface area contributed by atoms with Crippen LogP contribution in [0.15, 0.2) is 30.3 Å². The molecule has 27 heavy (non-hydrogen) atoms. The van der Waals surface area contributed by atoms with Gasteiger partial charge in [0.15, 0.2) is 0 Å². The van der Waals surface area contributed by atoms with E-state index in [0.717, 1.165) is 5.56 Å². The molecule has 1 aromatic rings. The van der Waals surface area contributed by atoms with Crippen molar-refractivity contribution in [1.29, 1.82) is 0 Å². The lowest BCUT2D eigenvalue weighted by Gasteiger charge is -2.32. The summed E-state index contributed by atoms with van der Waals surface area (Å²) in [5.41, 5.74) is 0.332. The van der Waals surface area contributed by atoms with E-state index in [1.54, 1.807) is 32.8 Å². The molecular formula is C20H30N2O5. The van der Waals surface area contributed by atoms with Crippen molar-refractivity contribution >= 4 is 12.2 Å². The second-order valence-electron chi connectivity index (χ2n) is 7.72. The molecule has 7 nitrogen and oxygen atoms in total. The number of hydrogen-bond donors (Lipinski definition) is 1. The van der Waals surface area contributed by atoms with Crippen LogP contribution in [-0.4, -0.2) is 54.5 Å². The predicted octanol–water partition coefficient (Wildman–Crippen LogP) is 3.33. The zero-order chi connectivity index (χ0) is 20.0. The van der Waals surface area contributed by atoms with Crippen molar-refractivity contribution in [1.82, 2.24) is 10.2 Å². The summed E-state index contributed by atoms with van der Waals surface area (Å²) in [7, 11) is 1.61. The SMILES string of the molecule is COC1CCN(C(=O)OCc2ccccc2)C1C(C)NC(=O)OC(C)(C)C. The number of likely N-dealkylation sites (tertiary alicyclic amines) is 1. The smallest absolute Gasteiger partial charge is 0.410 e. The molecule has 3 unspecified atom stereocenters. The molecule has 3 atom stereocenters. The van der Waals surface area contributed by atoms with E-state index < -0.39 is 17.8 Å². The zero-order valence-electron chi connectivity index (χ0n) is 16.7. The van der Waals surface area contributed by atoms with Gasteiger partial charge in [0.1, 0.15) is 12.2 Å². The maximum atomic E-state index is 12.6. The van der Waals surface area contributed by atoms with Gasteiger partial charge in [0.25, 0.3) is 0 Å². The summed E-state index contributed by atoms with van der Waals surface area (Å²) in [5, 5.41) is 2.81. The highest BCUT2D eigenvalue weighted by Crippen LogP contribution is 2.25. The Morgan fingerprint density at radius 3 is 2.52 bits per heavy atom. The first kappa shape index (κ1) is 21.0. The van der Waals surface area contributed by atoms with Crippen molar-refractivity contribution in [3.8, 4) is 0 Å². The third-order valence-corrected chi connectivity index (χ3v) is 4.39. The van der Waals surface area contributed by atoms with E-state index in [9.17, 15) is 9.59 Å². The number of methoxy groups -OCH3 is 1. The van der Waals surface area contributed by atoms with Gasteiger partial charge < -0.3 is 24.4 Å². The van der Waals surface area contributed by atoms with Crippen molar-refractivity contribution in [2.24, 2.45) is 0 Å². The Morgan fingerprint density at radius 2 is 1.93 bits per heavy atom. The molecule has 2 amide bonds. The topological polar surface area (TPSA) is 77.1 Å². The Hall–Kier alpha value is -2.28. The Balaban J connectivity index is 1.99. The van der Waals surface area contributed by atoms with Crippen LogP contribution in [0, 0.1) is 0 Å². The third kappa shape index (κ3) is 6.13. The van der Waals surface area contributed by atoms with E-state index in [1.165, 1.54) is 0 Å². The maximum Gasteiger partial charge on any atom is 0.410 e. The van der Waals surface area contributed by atoms with Gasteiger partial charge in [0.2, 0.25) is 0 Å². The van der Waals surface area contributed by atoms with Gasteiger partial charge in [-0.05, 0) is 39.7 Å². The monoisotopic (exact) mass is 378 g/mol. The van der Waals surface area contributed by atoms with Gasteiger partial charge in [-0.1, -0.05) is 30.3 Å². The number of alkyl carbamates (subject to hydrolysis) is 1. The number of amides is 2. The largest absolute Gasteiger partial charge is 0.445 e. The third-order valence-electron chi connectivity index (χ3n) is 4.39. The number of carbonyl (C=O) groups excluding carboxylic acids is 2. The van der Waals surface area contributed by atoms with Crippen molar-refractivity contribution in [3.63, 3.8) is 0 Å². The van der Waals surface area contributed by atoms with Crippen LogP contribution in [-0.2, 0) is 20.8 Å². The second-order valence-corrected chi connectivity index (χ2v) is 7.72. The highest BCUT2D eigenvalue weighted by Gasteiger charge is 2.42. The molecule has 1 N–H and O–H groups in total. The minimum absolute atomic E-state index is 0.181. The Kier molecular flexibility index (Phi) is 7.07. The quantitative estimate of drug-likeness (QED) is 0.850. The Bertz CT molecular complexity index is 629. The Morgan fingerprint density at radius 1 is 1.26 bits per heavy atom. The van der Waals surface area contributed by atoms with Crippen molar-refractivity contribution in [2.75, 3.05) is 13.7 Å². The number of nitrogens with zero attached hydrogens (tertiary/aromatic N) is 1. The van der Waals surface area contributed by atoms with Crippen molar-refractivity contribution < 1.29 is 23.8 Å². The summed E-state index contributed by atoms with van der Waals surface area (Å²) < 4.78 is 16.3. The highest BCUT2D eigenvalue weighted by atomic mass is 16.6. The molecular weight excluding hydrogens is 348 g/mol. The average molecular weight is 378 g/mol. The van der Waals surface area contributed by atoms with Crippen LogP contribution >= 0.6 is 0 Å². The molecule has 0 bridgehead atoms. The first-order valence-electron chi connectivity index (χ1n) is 9.21. The standard InChI is InChI=1S/C20H30N2O5/c1-14(21-18(23)27-20(2,3)4)17-16(25-5)11-12-22(17)19(24)26-13-15-9-7-6-8-10-15/h6-10,14,16-17H,11-13H2,1-5H3,(H,21,23). The lowest BCUT2D eigenvalue weighted by molar-refractivity contribution is 0.0275. The number of nitrogens with one attached hydrogen (secondary N) is 1. The molecule has 0 saturated carbocycles. The van der Waals surface area contributed by atoms with E-state index >= 15 is 0 Å². The molecule has 150 valence electrons. The van der Waals surface area contributed by atoms with Crippen LogP contribution < -0.4 is 5.32 Å². The van der Waals surface area contributed by atoms with Gasteiger partial charge in [0.05, 0.1) is 18.2 Å². The minimum atomic E-state index is -0.589. The molecule has 0 aromatic heterocycles. The fraction of sp³-hybridized carbons (Fsp3) is 0.600. The van der Waals surface area contributed by atoms with Crippen LogP contribution in [0.5, 0.6) is 0 Å². The average Bonchev–Trinajstić information content (AvgIpc) is 3.03. The molecule has 1 aromatic carbocycles. The molecule has 1 fully saturated rings. The van der Waals surface area contributed by atoms with E-state index in [2.05, 4.69) is 5.32 Å². The summed E-state index contributed by atoms with van der Waals surface area (Å²) >= 11 is 0. The zero-order valence-corrected chi connectivity index (χ0v) is 16.7. The maximum absolute atomic E-state index is 12.6. The highest BCUT2D eigenvalue weighted by molar-refractivity contribution is 5.70. The number of carbonyl (C=O) groups is 2. The minimum Gasteiger partial charge on any atom is -0.445 e. The molecule has 0 aliphatic carbocycles. The summed E-state index contributed by atoms with van der Waals surface area (Å²) in [4.78, 5) is 26.3. The molecule has 0 radical (unpaired) electrons. The van der Waals surface area contributed by atoms with Gasteiger partial charge >= 0.3 is 12.2 Å². The molecule has 0 spiro atoms. The lowest BCUT2D eigenvalue weighted by Crippen LogP contribution is -2.54. The van der Waals surface area contributed by atoms with E-state index in [-0.39, 0.29) is 24.8 Å². The van der Waals surface area contributed by atoms with Gasteiger partial charge in [0, 0.05) is 13.7 Å². The normalized spacial score (nSPS) is 20.9. The summed E-state index contributed by atoms with van der Waals surface area (Å²) in [6, 6.07) is 8.83. The van der Waals surface area contributed by atoms with Crippen LogP contribution in [0.3, 0.4) is 0 Å². The van der Waals surface area contributed by atoms with Crippen molar-refractivity contribution in [2.45, 2.75) is 64.5 Å². The summed E-state index contributed by atoms with van der Waals surface area (Å²) in [6.45, 7) is 7.96. The van der Waals surface area contributed by atoms with Gasteiger partial charge in [-0.3, -0.25) is 0 Å². The fourth-order valence-electron chi connectivity index (χ4n) is 3.23. The Labute approximate surface area is 161 Å². The lowest BCUT2D eigenvalue weighted by atomic mass is 10.0. The molecule has 1 aliphatic heterocycles. The summed E-state index contributed by atoms with van der Waals surface area (Å²) in [5.74, 6) is 0. The summed E-state index contributed by atoms with van der Waals surface area (Å²) in [6.07, 6.45) is -0.433. The number of ether oxygens (including phenoxy) is 3. The molecule has 1 saturated heterocycles. The van der Waals surface area contributed by atoms with Gasteiger partial charge in [-0.25, -0.2) is 9.59 Å². The molecule has 7 heteroatoms. The first-order chi connectivity index (χ1) is 12.7. The van der Waals surface area contributed by atoms with Crippen LogP contribution in [0.4, 0.5) is 9.59 Å². The first-order valence-corrected chi connectivity index (χ1v) is 9.21. The second kappa shape index (κ2) is 9.08. The molecule has 1 aliphatic rings. The van der Waals surface area contributed by atoms with Crippen molar-refractivity contribution in [3.05, 3.63) is 35.9 Å². The number of benzene rings is 1. The molecule has 2 rings (SSSR count). The number of hydrogen-bond acceptors (Lipinski definition) is 5. The van der Waals surface area contributed by atoms with E-state index in [4.69, 9.17) is 14.2 Å². The molecule has 1 heterocycles.